The van der Waals surface area contributed by atoms with E-state index in [9.17, 15) is 0 Å². The number of hydrogen-bond acceptors (Lipinski definition) is 4. The van der Waals surface area contributed by atoms with Crippen LogP contribution in [-0.2, 0) is 0 Å². The molecular formula is C11H13N3O2. The van der Waals surface area contributed by atoms with Gasteiger partial charge in [-0.15, -0.1) is 5.10 Å². The molecule has 0 spiro atoms. The number of hydrogen-bond donors (Lipinski definition) is 1. The molecule has 1 aromatic carbocycles. The molecule has 2 aromatic rings. The predicted octanol–water partition coefficient (Wildman–Crippen LogP) is 1.47. The molecule has 2 N–H and O–H groups in total. The van der Waals surface area contributed by atoms with E-state index in [1.807, 2.05) is 24.3 Å². The molecule has 0 radical (unpaired) electrons. The summed E-state index contributed by atoms with van der Waals surface area (Å²) in [7, 11) is 3.17. The summed E-state index contributed by atoms with van der Waals surface area (Å²) in [4.78, 5) is 0. The standard InChI is InChI=1S/C11H13N3O2/c1-15-9-5-3-4-8(6-9)14-10(12)7-11(13-14)16-2/h3-7H,12H2,1-2H3. The lowest BCUT2D eigenvalue weighted by atomic mass is 10.3. The highest BCUT2D eigenvalue weighted by Gasteiger charge is 2.07. The summed E-state index contributed by atoms with van der Waals surface area (Å²) in [6.07, 6.45) is 0. The third-order valence-electron chi connectivity index (χ3n) is 2.22. The second kappa shape index (κ2) is 4.14. The number of aromatic nitrogens is 2. The average molecular weight is 219 g/mol. The highest BCUT2D eigenvalue weighted by molar-refractivity contribution is 5.47. The van der Waals surface area contributed by atoms with Crippen molar-refractivity contribution in [1.29, 1.82) is 0 Å². The minimum atomic E-state index is 0.486. The number of nitrogen functional groups attached to an aromatic ring is 1. The smallest absolute Gasteiger partial charge is 0.235 e. The molecule has 0 aliphatic rings. The Bertz CT molecular complexity index is 494. The molecule has 1 aromatic heterocycles. The zero-order valence-electron chi connectivity index (χ0n) is 9.18. The minimum absolute atomic E-state index is 0.486. The fourth-order valence-electron chi connectivity index (χ4n) is 1.42. The first-order valence-corrected chi connectivity index (χ1v) is 4.78. The van der Waals surface area contributed by atoms with Crippen LogP contribution in [0.3, 0.4) is 0 Å². The molecule has 0 aliphatic heterocycles. The molecule has 0 fully saturated rings. The van der Waals surface area contributed by atoms with Crippen LogP contribution in [0.25, 0.3) is 5.69 Å². The van der Waals surface area contributed by atoms with Gasteiger partial charge in [0.05, 0.1) is 19.9 Å². The molecule has 0 aliphatic carbocycles. The van der Waals surface area contributed by atoms with Crippen molar-refractivity contribution in [3.63, 3.8) is 0 Å². The molecule has 16 heavy (non-hydrogen) atoms. The molecule has 0 saturated carbocycles. The Kier molecular flexibility index (Phi) is 2.68. The second-order valence-electron chi connectivity index (χ2n) is 3.22. The van der Waals surface area contributed by atoms with Gasteiger partial charge in [0.15, 0.2) is 0 Å². The number of nitrogens with two attached hydrogens (primary N) is 1. The van der Waals surface area contributed by atoms with Crippen molar-refractivity contribution in [1.82, 2.24) is 9.78 Å². The van der Waals surface area contributed by atoms with E-state index in [0.29, 0.717) is 11.7 Å². The van der Waals surface area contributed by atoms with Gasteiger partial charge in [-0.05, 0) is 12.1 Å². The van der Waals surface area contributed by atoms with E-state index in [1.165, 1.54) is 0 Å². The fourth-order valence-corrected chi connectivity index (χ4v) is 1.42. The van der Waals surface area contributed by atoms with E-state index in [1.54, 1.807) is 25.0 Å². The lowest BCUT2D eigenvalue weighted by molar-refractivity contribution is 0.394. The van der Waals surface area contributed by atoms with Gasteiger partial charge in [0.1, 0.15) is 11.6 Å². The SMILES string of the molecule is COc1cccc(-n2nc(OC)cc2N)c1. The van der Waals surface area contributed by atoms with E-state index in [2.05, 4.69) is 5.10 Å². The number of benzene rings is 1. The molecular weight excluding hydrogens is 206 g/mol. The topological polar surface area (TPSA) is 62.3 Å². The summed E-state index contributed by atoms with van der Waals surface area (Å²) in [5.41, 5.74) is 6.65. The van der Waals surface area contributed by atoms with Crippen LogP contribution < -0.4 is 15.2 Å². The number of methoxy groups -OCH3 is 2. The van der Waals surface area contributed by atoms with Crippen LogP contribution >= 0.6 is 0 Å². The van der Waals surface area contributed by atoms with Crippen LogP contribution in [0.5, 0.6) is 11.6 Å². The first-order valence-electron chi connectivity index (χ1n) is 4.78. The van der Waals surface area contributed by atoms with Crippen molar-refractivity contribution in [3.05, 3.63) is 30.3 Å². The van der Waals surface area contributed by atoms with Crippen LogP contribution in [-0.4, -0.2) is 24.0 Å². The number of ether oxygens (including phenoxy) is 2. The van der Waals surface area contributed by atoms with Crippen molar-refractivity contribution < 1.29 is 9.47 Å². The van der Waals surface area contributed by atoms with Crippen LogP contribution in [0.2, 0.25) is 0 Å². The normalized spacial score (nSPS) is 10.1. The largest absolute Gasteiger partial charge is 0.497 e. The second-order valence-corrected chi connectivity index (χ2v) is 3.22. The lowest BCUT2D eigenvalue weighted by Gasteiger charge is -2.05. The summed E-state index contributed by atoms with van der Waals surface area (Å²) in [6, 6.07) is 9.15. The van der Waals surface area contributed by atoms with E-state index in [0.717, 1.165) is 11.4 Å². The maximum atomic E-state index is 5.82. The van der Waals surface area contributed by atoms with Gasteiger partial charge in [0.25, 0.3) is 0 Å². The molecule has 0 saturated heterocycles. The Morgan fingerprint density at radius 1 is 1.19 bits per heavy atom. The van der Waals surface area contributed by atoms with Gasteiger partial charge >= 0.3 is 0 Å². The van der Waals surface area contributed by atoms with Crippen molar-refractivity contribution in [3.8, 4) is 17.3 Å². The van der Waals surface area contributed by atoms with Gasteiger partial charge in [0, 0.05) is 12.1 Å². The summed E-state index contributed by atoms with van der Waals surface area (Å²) < 4.78 is 11.7. The van der Waals surface area contributed by atoms with E-state index < -0.39 is 0 Å². The Morgan fingerprint density at radius 3 is 2.62 bits per heavy atom. The zero-order chi connectivity index (χ0) is 11.5. The van der Waals surface area contributed by atoms with Crippen LogP contribution in [0.15, 0.2) is 30.3 Å². The molecule has 5 heteroatoms. The van der Waals surface area contributed by atoms with Gasteiger partial charge < -0.3 is 15.2 Å². The van der Waals surface area contributed by atoms with Crippen LogP contribution in [0.4, 0.5) is 5.82 Å². The Hall–Kier alpha value is -2.17. The van der Waals surface area contributed by atoms with Gasteiger partial charge in [-0.3, -0.25) is 0 Å². The number of nitrogens with zero attached hydrogens (tertiary/aromatic N) is 2. The molecule has 5 nitrogen and oxygen atoms in total. The quantitative estimate of drug-likeness (QED) is 0.849. The molecule has 84 valence electrons. The summed E-state index contributed by atoms with van der Waals surface area (Å²) in [6.45, 7) is 0. The van der Waals surface area contributed by atoms with Gasteiger partial charge in [-0.25, -0.2) is 4.68 Å². The van der Waals surface area contributed by atoms with Crippen LogP contribution in [0.1, 0.15) is 0 Å². The highest BCUT2D eigenvalue weighted by atomic mass is 16.5. The first-order chi connectivity index (χ1) is 7.74. The highest BCUT2D eigenvalue weighted by Crippen LogP contribution is 2.21. The van der Waals surface area contributed by atoms with Gasteiger partial charge in [-0.1, -0.05) is 6.07 Å². The molecule has 1 heterocycles. The predicted molar refractivity (Wildman–Crippen MR) is 61.1 cm³/mol. The maximum Gasteiger partial charge on any atom is 0.235 e. The number of rotatable bonds is 3. The third kappa shape index (κ3) is 1.79. The zero-order valence-corrected chi connectivity index (χ0v) is 9.18. The first kappa shape index (κ1) is 10.4. The summed E-state index contributed by atoms with van der Waals surface area (Å²) >= 11 is 0. The molecule has 0 amide bonds. The average Bonchev–Trinajstić information content (AvgIpc) is 2.71. The van der Waals surface area contributed by atoms with Crippen molar-refractivity contribution in [2.75, 3.05) is 20.0 Å². The van der Waals surface area contributed by atoms with E-state index >= 15 is 0 Å². The Labute approximate surface area is 93.4 Å². The molecule has 0 atom stereocenters. The molecule has 2 rings (SSSR count). The molecule has 0 unspecified atom stereocenters. The Balaban J connectivity index is 2.45. The van der Waals surface area contributed by atoms with Crippen molar-refractivity contribution >= 4 is 5.82 Å². The summed E-state index contributed by atoms with van der Waals surface area (Å²) in [5.74, 6) is 1.76. The summed E-state index contributed by atoms with van der Waals surface area (Å²) in [5, 5.41) is 4.19. The number of anilines is 1. The fraction of sp³-hybridized carbons (Fsp3) is 0.182. The van der Waals surface area contributed by atoms with E-state index in [-0.39, 0.29) is 0 Å². The van der Waals surface area contributed by atoms with E-state index in [4.69, 9.17) is 15.2 Å². The molecule has 0 bridgehead atoms. The van der Waals surface area contributed by atoms with Crippen LogP contribution in [0, 0.1) is 0 Å². The third-order valence-corrected chi connectivity index (χ3v) is 2.22. The van der Waals surface area contributed by atoms with Crippen molar-refractivity contribution in [2.24, 2.45) is 0 Å². The Morgan fingerprint density at radius 2 is 2.00 bits per heavy atom. The lowest BCUT2D eigenvalue weighted by Crippen LogP contribution is -2.01. The minimum Gasteiger partial charge on any atom is -0.497 e. The maximum absolute atomic E-state index is 5.82. The monoisotopic (exact) mass is 219 g/mol. The van der Waals surface area contributed by atoms with Crippen molar-refractivity contribution in [2.45, 2.75) is 0 Å². The van der Waals surface area contributed by atoms with Gasteiger partial charge in [0.2, 0.25) is 5.88 Å². The van der Waals surface area contributed by atoms with Gasteiger partial charge in [-0.2, -0.15) is 0 Å².